The number of rotatable bonds is 3. The molecule has 5 nitrogen and oxygen atoms in total. The summed E-state index contributed by atoms with van der Waals surface area (Å²) in [5.74, 6) is 0.365. The van der Waals surface area contributed by atoms with E-state index in [0.717, 1.165) is 11.6 Å². The molecule has 0 unspecified atom stereocenters. The zero-order valence-electron chi connectivity index (χ0n) is 11.7. The topological polar surface area (TPSA) is 53.9 Å². The van der Waals surface area contributed by atoms with Gasteiger partial charge in [-0.1, -0.05) is 0 Å². The Morgan fingerprint density at radius 3 is 2.52 bits per heavy atom. The predicted molar refractivity (Wildman–Crippen MR) is 73.6 cm³/mol. The number of halogens is 3. The molecule has 0 aliphatic carbocycles. The van der Waals surface area contributed by atoms with Crippen molar-refractivity contribution < 1.29 is 13.2 Å². The van der Waals surface area contributed by atoms with Gasteiger partial charge in [-0.25, -0.2) is 9.97 Å². The average Bonchev–Trinajstić information content (AvgIpc) is 2.40. The summed E-state index contributed by atoms with van der Waals surface area (Å²) < 4.78 is 38.7. The van der Waals surface area contributed by atoms with Gasteiger partial charge in [0.05, 0.1) is 5.56 Å². The number of aryl methyl sites for hydroxylation is 1. The third-order valence-electron chi connectivity index (χ3n) is 2.71. The van der Waals surface area contributed by atoms with E-state index in [0.29, 0.717) is 5.82 Å². The highest BCUT2D eigenvalue weighted by atomic mass is 19.4. The molecule has 0 amide bonds. The molecule has 0 bridgehead atoms. The van der Waals surface area contributed by atoms with Gasteiger partial charge in [0.2, 0.25) is 5.95 Å². The Hall–Kier alpha value is -2.38. The van der Waals surface area contributed by atoms with E-state index >= 15 is 0 Å². The maximum absolute atomic E-state index is 12.9. The fraction of sp³-hybridized carbons (Fsp3) is 0.308. The lowest BCUT2D eigenvalue weighted by molar-refractivity contribution is -0.137. The van der Waals surface area contributed by atoms with Crippen LogP contribution in [-0.4, -0.2) is 29.0 Å². The highest BCUT2D eigenvalue weighted by Gasteiger charge is 2.34. The van der Waals surface area contributed by atoms with Gasteiger partial charge in [0.15, 0.2) is 0 Å². The van der Waals surface area contributed by atoms with Gasteiger partial charge in [-0.05, 0) is 19.1 Å². The minimum Gasteiger partial charge on any atom is -0.362 e. The second-order valence-electron chi connectivity index (χ2n) is 4.62. The zero-order chi connectivity index (χ0) is 15.6. The normalized spacial score (nSPS) is 11.3. The fourth-order valence-corrected chi connectivity index (χ4v) is 1.79. The van der Waals surface area contributed by atoms with Gasteiger partial charge in [-0.3, -0.25) is 0 Å². The van der Waals surface area contributed by atoms with Crippen molar-refractivity contribution in [2.45, 2.75) is 13.1 Å². The van der Waals surface area contributed by atoms with Crippen molar-refractivity contribution in [3.8, 4) is 0 Å². The van der Waals surface area contributed by atoms with Crippen LogP contribution in [0.3, 0.4) is 0 Å². The van der Waals surface area contributed by atoms with Crippen LogP contribution in [0.2, 0.25) is 0 Å². The van der Waals surface area contributed by atoms with Gasteiger partial charge >= 0.3 is 6.18 Å². The lowest BCUT2D eigenvalue weighted by Crippen LogP contribution is -2.15. The van der Waals surface area contributed by atoms with Crippen LogP contribution in [0, 0.1) is 6.92 Å². The van der Waals surface area contributed by atoms with Crippen LogP contribution in [0.25, 0.3) is 0 Å². The van der Waals surface area contributed by atoms with E-state index < -0.39 is 11.7 Å². The molecule has 2 aromatic rings. The van der Waals surface area contributed by atoms with E-state index in [9.17, 15) is 13.2 Å². The van der Waals surface area contributed by atoms with Crippen LogP contribution < -0.4 is 10.2 Å². The molecule has 0 atom stereocenters. The van der Waals surface area contributed by atoms with Crippen LogP contribution >= 0.6 is 0 Å². The molecule has 112 valence electrons. The monoisotopic (exact) mass is 297 g/mol. The van der Waals surface area contributed by atoms with Crippen molar-refractivity contribution in [1.29, 1.82) is 0 Å². The highest BCUT2D eigenvalue weighted by Crippen LogP contribution is 2.34. The first-order valence-electron chi connectivity index (χ1n) is 6.09. The molecule has 0 radical (unpaired) electrons. The number of alkyl halides is 3. The fourth-order valence-electron chi connectivity index (χ4n) is 1.79. The number of hydrogen-bond acceptors (Lipinski definition) is 5. The second-order valence-corrected chi connectivity index (χ2v) is 4.62. The summed E-state index contributed by atoms with van der Waals surface area (Å²) in [6.45, 7) is 1.82. The number of hydrogen-bond donors (Lipinski definition) is 1. The molecule has 0 saturated heterocycles. The quantitative estimate of drug-likeness (QED) is 0.944. The smallest absolute Gasteiger partial charge is 0.362 e. The number of anilines is 3. The van der Waals surface area contributed by atoms with Crippen molar-refractivity contribution in [2.75, 3.05) is 24.3 Å². The van der Waals surface area contributed by atoms with Crippen LogP contribution in [0.4, 0.5) is 30.8 Å². The summed E-state index contributed by atoms with van der Waals surface area (Å²) in [6, 6.07) is 2.19. The first kappa shape index (κ1) is 15.0. The molecular weight excluding hydrogens is 283 g/mol. The van der Waals surface area contributed by atoms with E-state index in [1.807, 2.05) is 6.92 Å². The van der Waals surface area contributed by atoms with E-state index in [-0.39, 0.29) is 11.8 Å². The zero-order valence-corrected chi connectivity index (χ0v) is 11.7. The second kappa shape index (κ2) is 5.55. The lowest BCUT2D eigenvalue weighted by Gasteiger charge is -2.16. The maximum atomic E-state index is 12.9. The lowest BCUT2D eigenvalue weighted by atomic mass is 10.2. The number of nitrogens with one attached hydrogen (secondary N) is 1. The van der Waals surface area contributed by atoms with Crippen LogP contribution in [0.1, 0.15) is 11.1 Å². The first-order valence-corrected chi connectivity index (χ1v) is 6.09. The molecule has 2 aromatic heterocycles. The molecule has 2 rings (SSSR count). The molecule has 2 heterocycles. The molecule has 0 spiro atoms. The molecule has 0 aliphatic rings. The van der Waals surface area contributed by atoms with Gasteiger partial charge in [0, 0.05) is 32.1 Å². The van der Waals surface area contributed by atoms with E-state index in [4.69, 9.17) is 0 Å². The Balaban J connectivity index is 2.38. The van der Waals surface area contributed by atoms with Crippen molar-refractivity contribution in [1.82, 2.24) is 15.0 Å². The minimum absolute atomic E-state index is 0.0634. The summed E-state index contributed by atoms with van der Waals surface area (Å²) in [7, 11) is 3.59. The Bertz CT molecular complexity index is 640. The molecule has 0 aliphatic heterocycles. The van der Waals surface area contributed by atoms with Crippen LogP contribution in [-0.2, 0) is 6.18 Å². The third-order valence-corrected chi connectivity index (χ3v) is 2.71. The average molecular weight is 297 g/mol. The predicted octanol–water partition coefficient (Wildman–Crippen LogP) is 3.01. The Kier molecular flexibility index (Phi) is 3.97. The SMILES string of the molecule is Cc1cnc(Nc2ncccc2C(F)(F)F)nc1N(C)C. The van der Waals surface area contributed by atoms with Crippen molar-refractivity contribution in [3.63, 3.8) is 0 Å². The minimum atomic E-state index is -4.49. The van der Waals surface area contributed by atoms with Gasteiger partial charge in [-0.2, -0.15) is 18.2 Å². The van der Waals surface area contributed by atoms with Crippen molar-refractivity contribution in [2.24, 2.45) is 0 Å². The van der Waals surface area contributed by atoms with Gasteiger partial charge in [0.1, 0.15) is 11.6 Å². The summed E-state index contributed by atoms with van der Waals surface area (Å²) in [5.41, 5.74) is -0.0387. The number of pyridine rings is 1. The van der Waals surface area contributed by atoms with E-state index in [2.05, 4.69) is 20.3 Å². The Labute approximate surface area is 119 Å². The maximum Gasteiger partial charge on any atom is 0.419 e. The standard InChI is InChI=1S/C13H14F3N5/c1-8-7-18-12(20-11(8)21(2)3)19-10-9(13(14,15)16)5-4-6-17-10/h4-7H,1-3H3,(H,17,18,19,20). The molecule has 0 fully saturated rings. The molecule has 21 heavy (non-hydrogen) atoms. The number of nitrogens with zero attached hydrogens (tertiary/aromatic N) is 4. The molecule has 8 heteroatoms. The molecule has 0 aromatic carbocycles. The van der Waals surface area contributed by atoms with Gasteiger partial charge in [0.25, 0.3) is 0 Å². The summed E-state index contributed by atoms with van der Waals surface area (Å²) in [5, 5.41) is 2.52. The molecular formula is C13H14F3N5. The van der Waals surface area contributed by atoms with Crippen molar-refractivity contribution >= 4 is 17.6 Å². The number of aromatic nitrogens is 3. The summed E-state index contributed by atoms with van der Waals surface area (Å²) >= 11 is 0. The van der Waals surface area contributed by atoms with Gasteiger partial charge < -0.3 is 10.2 Å². The Morgan fingerprint density at radius 1 is 1.19 bits per heavy atom. The first-order chi connectivity index (χ1) is 9.79. The molecule has 1 N–H and O–H groups in total. The largest absolute Gasteiger partial charge is 0.419 e. The third kappa shape index (κ3) is 3.39. The van der Waals surface area contributed by atoms with Crippen LogP contribution in [0.15, 0.2) is 24.5 Å². The summed E-state index contributed by atoms with van der Waals surface area (Å²) in [4.78, 5) is 13.6. The van der Waals surface area contributed by atoms with E-state index in [1.165, 1.54) is 12.3 Å². The highest BCUT2D eigenvalue weighted by molar-refractivity contribution is 5.56. The van der Waals surface area contributed by atoms with Gasteiger partial charge in [-0.15, -0.1) is 0 Å². The summed E-state index contributed by atoms with van der Waals surface area (Å²) in [6.07, 6.45) is -1.68. The Morgan fingerprint density at radius 2 is 1.90 bits per heavy atom. The van der Waals surface area contributed by atoms with Crippen LogP contribution in [0.5, 0.6) is 0 Å². The molecule has 0 saturated carbocycles. The van der Waals surface area contributed by atoms with E-state index in [1.54, 1.807) is 25.2 Å². The van der Waals surface area contributed by atoms with Crippen molar-refractivity contribution in [3.05, 3.63) is 35.7 Å².